The molecule has 2 aliphatic rings. The predicted octanol–water partition coefficient (Wildman–Crippen LogP) is 3.50. The Morgan fingerprint density at radius 3 is 3.00 bits per heavy atom. The molecular weight excluding hydrogens is 340 g/mol. The highest BCUT2D eigenvalue weighted by molar-refractivity contribution is 9.10. The summed E-state index contributed by atoms with van der Waals surface area (Å²) < 4.78 is 0.885. The summed E-state index contributed by atoms with van der Waals surface area (Å²) in [5, 5.41) is 14.3. The van der Waals surface area contributed by atoms with Crippen molar-refractivity contribution in [2.75, 3.05) is 25.0 Å². The number of anilines is 1. The molecule has 0 saturated carbocycles. The van der Waals surface area contributed by atoms with Gasteiger partial charge in [-0.1, -0.05) is 18.0 Å². The lowest BCUT2D eigenvalue weighted by molar-refractivity contribution is 0.123. The van der Waals surface area contributed by atoms with Gasteiger partial charge in [-0.05, 0) is 59.9 Å². The molecule has 2 atom stereocenters. The third-order valence-electron chi connectivity index (χ3n) is 4.69. The van der Waals surface area contributed by atoms with E-state index in [0.29, 0.717) is 11.1 Å². The summed E-state index contributed by atoms with van der Waals surface area (Å²) in [4.78, 5) is 2.53. The zero-order valence-electron chi connectivity index (χ0n) is 11.4. The van der Waals surface area contributed by atoms with E-state index in [9.17, 15) is 5.11 Å². The lowest BCUT2D eigenvalue weighted by atomic mass is 9.86. The summed E-state index contributed by atoms with van der Waals surface area (Å²) in [6, 6.07) is 6.30. The zero-order chi connectivity index (χ0) is 14.2. The van der Waals surface area contributed by atoms with Crippen molar-refractivity contribution in [2.24, 2.45) is 0 Å². The first-order valence-corrected chi connectivity index (χ1v) is 8.40. The van der Waals surface area contributed by atoms with Crippen LogP contribution in [0.5, 0.6) is 0 Å². The van der Waals surface area contributed by atoms with Crippen LogP contribution in [-0.2, 0) is 0 Å². The van der Waals surface area contributed by atoms with E-state index in [1.54, 1.807) is 0 Å². The molecule has 1 aromatic rings. The fraction of sp³-hybridized carbons (Fsp3) is 0.600. The minimum absolute atomic E-state index is 0.175. The predicted molar refractivity (Wildman–Crippen MR) is 86.4 cm³/mol. The van der Waals surface area contributed by atoms with Crippen molar-refractivity contribution in [1.29, 1.82) is 0 Å². The van der Waals surface area contributed by atoms with Gasteiger partial charge in [0.25, 0.3) is 0 Å². The van der Waals surface area contributed by atoms with Crippen molar-refractivity contribution in [3.63, 3.8) is 0 Å². The molecule has 2 fully saturated rings. The normalized spacial score (nSPS) is 30.2. The number of rotatable bonds is 3. The molecular formula is C15H20BrClN2O. The number of hydrogen-bond donors (Lipinski definition) is 2. The largest absolute Gasteiger partial charge is 0.394 e. The lowest BCUT2D eigenvalue weighted by Crippen LogP contribution is -2.54. The van der Waals surface area contributed by atoms with Crippen LogP contribution in [0.2, 0.25) is 5.02 Å². The molecule has 5 heteroatoms. The van der Waals surface area contributed by atoms with E-state index < -0.39 is 0 Å². The topological polar surface area (TPSA) is 35.5 Å². The molecule has 2 aliphatic heterocycles. The number of nitrogens with zero attached hydrogens (tertiary/aromatic N) is 1. The molecule has 3 rings (SSSR count). The third kappa shape index (κ3) is 2.59. The maximum atomic E-state index is 10.0. The molecule has 2 heterocycles. The number of aliphatic hydroxyl groups excluding tert-OH is 1. The van der Waals surface area contributed by atoms with Crippen molar-refractivity contribution in [3.05, 3.63) is 27.7 Å². The van der Waals surface area contributed by atoms with Gasteiger partial charge in [-0.15, -0.1) is 0 Å². The second-order valence-corrected chi connectivity index (χ2v) is 7.13. The number of hydrogen-bond acceptors (Lipinski definition) is 3. The summed E-state index contributed by atoms with van der Waals surface area (Å²) in [7, 11) is 0. The maximum absolute atomic E-state index is 10.0. The molecule has 3 nitrogen and oxygen atoms in total. The van der Waals surface area contributed by atoms with E-state index in [1.165, 1.54) is 25.8 Å². The first-order chi connectivity index (χ1) is 9.64. The Bertz CT molecular complexity index is 499. The van der Waals surface area contributed by atoms with Gasteiger partial charge < -0.3 is 10.4 Å². The van der Waals surface area contributed by atoms with Crippen LogP contribution < -0.4 is 5.32 Å². The zero-order valence-corrected chi connectivity index (χ0v) is 13.8. The number of halogens is 2. The number of benzene rings is 1. The fourth-order valence-corrected chi connectivity index (χ4v) is 4.12. The van der Waals surface area contributed by atoms with Crippen LogP contribution >= 0.6 is 27.5 Å². The highest BCUT2D eigenvalue weighted by Crippen LogP contribution is 2.38. The number of fused-ring (bicyclic) bond motifs is 1. The van der Waals surface area contributed by atoms with Crippen molar-refractivity contribution in [1.82, 2.24) is 4.90 Å². The SMILES string of the molecule is OCC1(Nc2ccc(Cl)c(Br)c2)CCN2CCCCC21. The lowest BCUT2D eigenvalue weighted by Gasteiger charge is -2.41. The Kier molecular flexibility index (Phi) is 4.27. The number of piperidine rings is 1. The first kappa shape index (κ1) is 14.6. The van der Waals surface area contributed by atoms with Gasteiger partial charge in [-0.2, -0.15) is 0 Å². The van der Waals surface area contributed by atoms with Gasteiger partial charge >= 0.3 is 0 Å². The molecule has 0 aliphatic carbocycles. The van der Waals surface area contributed by atoms with Crippen molar-refractivity contribution in [3.8, 4) is 0 Å². The van der Waals surface area contributed by atoms with Gasteiger partial charge in [0.15, 0.2) is 0 Å². The van der Waals surface area contributed by atoms with E-state index in [0.717, 1.165) is 23.1 Å². The van der Waals surface area contributed by atoms with Crippen molar-refractivity contribution in [2.45, 2.75) is 37.3 Å². The van der Waals surface area contributed by atoms with Gasteiger partial charge in [0.1, 0.15) is 0 Å². The Labute approximate surface area is 133 Å². The summed E-state index contributed by atoms with van der Waals surface area (Å²) in [6.45, 7) is 2.42. The maximum Gasteiger partial charge on any atom is 0.0770 e. The molecule has 0 radical (unpaired) electrons. The van der Waals surface area contributed by atoms with Crippen LogP contribution in [0.4, 0.5) is 5.69 Å². The summed E-state index contributed by atoms with van der Waals surface area (Å²) in [5.41, 5.74) is 0.802. The fourth-order valence-electron chi connectivity index (χ4n) is 3.63. The quantitative estimate of drug-likeness (QED) is 0.867. The minimum atomic E-state index is -0.215. The Morgan fingerprint density at radius 1 is 1.40 bits per heavy atom. The first-order valence-electron chi connectivity index (χ1n) is 7.23. The highest BCUT2D eigenvalue weighted by atomic mass is 79.9. The van der Waals surface area contributed by atoms with E-state index in [4.69, 9.17) is 11.6 Å². The van der Waals surface area contributed by atoms with E-state index >= 15 is 0 Å². The van der Waals surface area contributed by atoms with Crippen LogP contribution in [0.25, 0.3) is 0 Å². The molecule has 110 valence electrons. The molecule has 2 N–H and O–H groups in total. The van der Waals surface area contributed by atoms with Crippen LogP contribution in [0.3, 0.4) is 0 Å². The standard InChI is InChI=1S/C15H20BrClN2O/c16-12-9-11(4-5-13(12)17)18-15(10-20)6-8-19-7-2-1-3-14(15)19/h4-5,9,14,18,20H,1-3,6-8,10H2. The average Bonchev–Trinajstić information content (AvgIpc) is 2.83. The van der Waals surface area contributed by atoms with Crippen LogP contribution in [0.15, 0.2) is 22.7 Å². The van der Waals surface area contributed by atoms with Crippen LogP contribution in [0.1, 0.15) is 25.7 Å². The van der Waals surface area contributed by atoms with Gasteiger partial charge in [0, 0.05) is 22.7 Å². The van der Waals surface area contributed by atoms with Crippen molar-refractivity contribution < 1.29 is 5.11 Å². The van der Waals surface area contributed by atoms with Crippen LogP contribution in [-0.4, -0.2) is 41.3 Å². The van der Waals surface area contributed by atoms with Gasteiger partial charge in [-0.3, -0.25) is 4.90 Å². The molecule has 2 saturated heterocycles. The number of aliphatic hydroxyl groups is 1. The van der Waals surface area contributed by atoms with Gasteiger partial charge in [0.2, 0.25) is 0 Å². The van der Waals surface area contributed by atoms with E-state index in [1.807, 2.05) is 18.2 Å². The second-order valence-electron chi connectivity index (χ2n) is 5.87. The van der Waals surface area contributed by atoms with Gasteiger partial charge in [0.05, 0.1) is 17.2 Å². The molecule has 1 aromatic carbocycles. The summed E-state index contributed by atoms with van der Waals surface area (Å²) in [6.07, 6.45) is 4.70. The molecule has 0 amide bonds. The van der Waals surface area contributed by atoms with Crippen LogP contribution in [0, 0.1) is 0 Å². The van der Waals surface area contributed by atoms with E-state index in [-0.39, 0.29) is 12.1 Å². The molecule has 2 unspecified atom stereocenters. The Hall–Kier alpha value is -0.290. The summed E-state index contributed by atoms with van der Waals surface area (Å²) >= 11 is 9.50. The molecule has 0 bridgehead atoms. The van der Waals surface area contributed by atoms with Gasteiger partial charge in [-0.25, -0.2) is 0 Å². The number of nitrogens with one attached hydrogen (secondary N) is 1. The minimum Gasteiger partial charge on any atom is -0.394 e. The Morgan fingerprint density at radius 2 is 2.25 bits per heavy atom. The Balaban J connectivity index is 1.84. The summed E-state index contributed by atoms with van der Waals surface area (Å²) in [5.74, 6) is 0. The smallest absolute Gasteiger partial charge is 0.0770 e. The molecule has 0 spiro atoms. The molecule has 20 heavy (non-hydrogen) atoms. The molecule has 0 aromatic heterocycles. The monoisotopic (exact) mass is 358 g/mol. The highest BCUT2D eigenvalue weighted by Gasteiger charge is 2.47. The van der Waals surface area contributed by atoms with Crippen molar-refractivity contribution >= 4 is 33.2 Å². The van der Waals surface area contributed by atoms with E-state index in [2.05, 4.69) is 26.1 Å². The average molecular weight is 360 g/mol. The second kappa shape index (κ2) is 5.84. The third-order valence-corrected chi connectivity index (χ3v) is 5.91.